The van der Waals surface area contributed by atoms with Gasteiger partial charge in [-0.1, -0.05) is 0 Å². The van der Waals surface area contributed by atoms with Crippen LogP contribution >= 0.6 is 0 Å². The van der Waals surface area contributed by atoms with Crippen LogP contribution in [0.3, 0.4) is 0 Å². The molecule has 0 radical (unpaired) electrons. The van der Waals surface area contributed by atoms with Crippen molar-refractivity contribution in [1.82, 2.24) is 4.98 Å². The molecule has 0 bridgehead atoms. The van der Waals surface area contributed by atoms with Crippen molar-refractivity contribution in [2.45, 2.75) is 6.10 Å². The molecule has 0 saturated heterocycles. The maximum atomic E-state index is 10.7. The molecule has 1 aromatic rings. The van der Waals surface area contributed by atoms with Crippen LogP contribution in [0.2, 0.25) is 0 Å². The lowest BCUT2D eigenvalue weighted by molar-refractivity contribution is -0.142. The minimum absolute atomic E-state index is 0.322. The number of hydrogen-bond donors (Lipinski definition) is 2. The molecular weight excluding hydrogens is 184 g/mol. The molecule has 0 aliphatic carbocycles. The van der Waals surface area contributed by atoms with Crippen LogP contribution in [0.5, 0.6) is 0 Å². The molecule has 2 rings (SSSR count). The molecule has 0 spiro atoms. The molecular formula is C9H8N2O3. The van der Waals surface area contributed by atoms with E-state index < -0.39 is 18.0 Å². The van der Waals surface area contributed by atoms with Gasteiger partial charge in [0, 0.05) is 12.4 Å². The quantitative estimate of drug-likeness (QED) is 0.679. The minimum atomic E-state index is -1.11. The summed E-state index contributed by atoms with van der Waals surface area (Å²) in [5.74, 6) is -2.10. The van der Waals surface area contributed by atoms with Gasteiger partial charge in [0.05, 0.1) is 11.4 Å². The number of carboxylic acid groups (broad SMARTS) is 1. The molecule has 0 saturated carbocycles. The van der Waals surface area contributed by atoms with Crippen LogP contribution in [-0.2, 0) is 4.79 Å². The standard InChI is InChI=1S/C9H8N2O3/c12-8-5(9(13)14)4-11-6-2-1-3-10-7(6)8/h1-5,8,12H,(H,13,14)/t5-,8+/m0/s1. The summed E-state index contributed by atoms with van der Waals surface area (Å²) in [5, 5.41) is 18.4. The van der Waals surface area contributed by atoms with Gasteiger partial charge in [-0.25, -0.2) is 0 Å². The van der Waals surface area contributed by atoms with Gasteiger partial charge in [0.2, 0.25) is 0 Å². The fourth-order valence-electron chi connectivity index (χ4n) is 1.36. The molecule has 1 aliphatic rings. The maximum Gasteiger partial charge on any atom is 0.315 e. The molecule has 1 aromatic heterocycles. The van der Waals surface area contributed by atoms with Gasteiger partial charge in [-0.3, -0.25) is 14.8 Å². The summed E-state index contributed by atoms with van der Waals surface area (Å²) in [4.78, 5) is 18.5. The van der Waals surface area contributed by atoms with Crippen molar-refractivity contribution in [1.29, 1.82) is 0 Å². The summed E-state index contributed by atoms with van der Waals surface area (Å²) in [6.45, 7) is 0. The second-order valence-corrected chi connectivity index (χ2v) is 2.99. The predicted octanol–water partition coefficient (Wildman–Crippen LogP) is 0.532. The lowest BCUT2D eigenvalue weighted by atomic mass is 9.97. The van der Waals surface area contributed by atoms with Crippen molar-refractivity contribution in [3.63, 3.8) is 0 Å². The van der Waals surface area contributed by atoms with Crippen molar-refractivity contribution in [3.05, 3.63) is 24.0 Å². The molecule has 14 heavy (non-hydrogen) atoms. The molecule has 2 heterocycles. The van der Waals surface area contributed by atoms with Crippen LogP contribution in [-0.4, -0.2) is 27.4 Å². The van der Waals surface area contributed by atoms with Gasteiger partial charge in [-0.05, 0) is 12.1 Å². The smallest absolute Gasteiger partial charge is 0.315 e. The summed E-state index contributed by atoms with van der Waals surface area (Å²) in [7, 11) is 0. The van der Waals surface area contributed by atoms with Crippen molar-refractivity contribution in [2.75, 3.05) is 0 Å². The Morgan fingerprint density at radius 2 is 2.29 bits per heavy atom. The number of pyridine rings is 1. The van der Waals surface area contributed by atoms with Crippen LogP contribution in [0.1, 0.15) is 11.8 Å². The highest BCUT2D eigenvalue weighted by atomic mass is 16.4. The molecule has 1 aliphatic heterocycles. The number of aliphatic carboxylic acids is 1. The van der Waals surface area contributed by atoms with Gasteiger partial charge >= 0.3 is 5.97 Å². The SMILES string of the molecule is O=C(O)[C@H]1C=Nc2cccnc2[C@@H]1O. The number of hydrogen-bond acceptors (Lipinski definition) is 4. The van der Waals surface area contributed by atoms with E-state index in [1.807, 2.05) is 0 Å². The zero-order valence-corrected chi connectivity index (χ0v) is 7.16. The summed E-state index contributed by atoms with van der Waals surface area (Å²) in [6.07, 6.45) is 1.62. The number of aliphatic hydroxyl groups is 1. The number of aliphatic imine (C=N–C) groups is 1. The molecule has 2 atom stereocenters. The highest BCUT2D eigenvalue weighted by Crippen LogP contribution is 2.31. The van der Waals surface area contributed by atoms with E-state index in [-0.39, 0.29) is 0 Å². The van der Waals surface area contributed by atoms with Crippen molar-refractivity contribution in [2.24, 2.45) is 10.9 Å². The lowest BCUT2D eigenvalue weighted by Crippen LogP contribution is -2.26. The zero-order valence-electron chi connectivity index (χ0n) is 7.16. The molecule has 0 fully saturated rings. The Bertz CT molecular complexity index is 403. The maximum absolute atomic E-state index is 10.7. The Labute approximate surface area is 79.8 Å². The number of carbonyl (C=O) groups is 1. The minimum Gasteiger partial charge on any atom is -0.481 e. The van der Waals surface area contributed by atoms with E-state index in [1.165, 1.54) is 12.4 Å². The number of carboxylic acids is 1. The van der Waals surface area contributed by atoms with Crippen molar-refractivity contribution >= 4 is 17.9 Å². The van der Waals surface area contributed by atoms with Crippen LogP contribution in [0.4, 0.5) is 5.69 Å². The Balaban J connectivity index is 2.44. The second kappa shape index (κ2) is 3.19. The number of nitrogens with zero attached hydrogens (tertiary/aromatic N) is 2. The Morgan fingerprint density at radius 3 is 3.00 bits per heavy atom. The van der Waals surface area contributed by atoms with Crippen LogP contribution in [0.25, 0.3) is 0 Å². The molecule has 2 N–H and O–H groups in total. The fourth-order valence-corrected chi connectivity index (χ4v) is 1.36. The van der Waals surface area contributed by atoms with Crippen LogP contribution in [0.15, 0.2) is 23.3 Å². The van der Waals surface area contributed by atoms with E-state index in [9.17, 15) is 9.90 Å². The molecule has 5 heteroatoms. The average molecular weight is 192 g/mol. The van der Waals surface area contributed by atoms with Gasteiger partial charge < -0.3 is 10.2 Å². The predicted molar refractivity (Wildman–Crippen MR) is 48.5 cm³/mol. The summed E-state index contributed by atoms with van der Waals surface area (Å²) >= 11 is 0. The zero-order chi connectivity index (χ0) is 10.1. The van der Waals surface area contributed by atoms with Gasteiger partial charge in [0.25, 0.3) is 0 Å². The average Bonchev–Trinajstić information content (AvgIpc) is 2.18. The topological polar surface area (TPSA) is 82.8 Å². The molecule has 0 unspecified atom stereocenters. The normalized spacial score (nSPS) is 24.4. The molecule has 72 valence electrons. The summed E-state index contributed by atoms with van der Waals surface area (Å²) in [5.41, 5.74) is 0.847. The van der Waals surface area contributed by atoms with Crippen molar-refractivity contribution < 1.29 is 15.0 Å². The first-order chi connectivity index (χ1) is 6.70. The first-order valence-corrected chi connectivity index (χ1v) is 4.10. The van der Waals surface area contributed by atoms with E-state index in [0.717, 1.165) is 0 Å². The largest absolute Gasteiger partial charge is 0.481 e. The van der Waals surface area contributed by atoms with Gasteiger partial charge in [0.15, 0.2) is 0 Å². The molecule has 0 aromatic carbocycles. The molecule has 0 amide bonds. The van der Waals surface area contributed by atoms with Crippen molar-refractivity contribution in [3.8, 4) is 0 Å². The Hall–Kier alpha value is -1.75. The summed E-state index contributed by atoms with van der Waals surface area (Å²) in [6, 6.07) is 3.37. The Morgan fingerprint density at radius 1 is 1.50 bits per heavy atom. The third kappa shape index (κ3) is 1.27. The van der Waals surface area contributed by atoms with E-state index in [1.54, 1.807) is 12.1 Å². The van der Waals surface area contributed by atoms with Gasteiger partial charge in [0.1, 0.15) is 12.0 Å². The third-order valence-electron chi connectivity index (χ3n) is 2.10. The number of fused-ring (bicyclic) bond motifs is 1. The van der Waals surface area contributed by atoms with E-state index in [0.29, 0.717) is 11.4 Å². The Kier molecular flexibility index (Phi) is 2.01. The fraction of sp³-hybridized carbons (Fsp3) is 0.222. The first-order valence-electron chi connectivity index (χ1n) is 4.10. The van der Waals surface area contributed by atoms with Gasteiger partial charge in [-0.15, -0.1) is 0 Å². The first kappa shape index (κ1) is 8.83. The highest BCUT2D eigenvalue weighted by molar-refractivity contribution is 5.92. The van der Waals surface area contributed by atoms with E-state index in [2.05, 4.69) is 9.98 Å². The lowest BCUT2D eigenvalue weighted by Gasteiger charge is -2.20. The van der Waals surface area contributed by atoms with E-state index in [4.69, 9.17) is 5.11 Å². The number of aliphatic hydroxyl groups excluding tert-OH is 1. The molecule has 5 nitrogen and oxygen atoms in total. The van der Waals surface area contributed by atoms with Crippen LogP contribution in [0, 0.1) is 5.92 Å². The number of rotatable bonds is 1. The summed E-state index contributed by atoms with van der Waals surface area (Å²) < 4.78 is 0. The second-order valence-electron chi connectivity index (χ2n) is 2.99. The monoisotopic (exact) mass is 192 g/mol. The highest BCUT2D eigenvalue weighted by Gasteiger charge is 2.31. The number of aromatic nitrogens is 1. The van der Waals surface area contributed by atoms with Crippen LogP contribution < -0.4 is 0 Å². The third-order valence-corrected chi connectivity index (χ3v) is 2.10. The van der Waals surface area contributed by atoms with Gasteiger partial charge in [-0.2, -0.15) is 0 Å². The van der Waals surface area contributed by atoms with E-state index >= 15 is 0 Å².